The van der Waals surface area contributed by atoms with Gasteiger partial charge in [-0.25, -0.2) is 0 Å². The monoisotopic (exact) mass is 228 g/mol. The van der Waals surface area contributed by atoms with Gasteiger partial charge in [0.1, 0.15) is 0 Å². The summed E-state index contributed by atoms with van der Waals surface area (Å²) in [6.07, 6.45) is 1.86. The molecule has 2 atom stereocenters. The highest BCUT2D eigenvalue weighted by Gasteiger charge is 2.28. The molecule has 0 unspecified atom stereocenters. The predicted octanol–water partition coefficient (Wildman–Crippen LogP) is 0.916. The van der Waals surface area contributed by atoms with Crippen molar-refractivity contribution in [1.82, 2.24) is 10.6 Å². The molecule has 0 aliphatic carbocycles. The SMILES string of the molecule is COCC(C)(C)NC(=O)[C@H]1CCN[C@@H](C)C1. The fourth-order valence-electron chi connectivity index (χ4n) is 2.20. The van der Waals surface area contributed by atoms with Crippen LogP contribution in [0.2, 0.25) is 0 Å². The van der Waals surface area contributed by atoms with E-state index < -0.39 is 0 Å². The average Bonchev–Trinajstić information content (AvgIpc) is 2.16. The van der Waals surface area contributed by atoms with E-state index in [1.165, 1.54) is 0 Å². The molecule has 16 heavy (non-hydrogen) atoms. The van der Waals surface area contributed by atoms with Crippen LogP contribution in [0.3, 0.4) is 0 Å². The average molecular weight is 228 g/mol. The summed E-state index contributed by atoms with van der Waals surface area (Å²) in [5.41, 5.74) is -0.278. The van der Waals surface area contributed by atoms with E-state index in [0.717, 1.165) is 19.4 Å². The van der Waals surface area contributed by atoms with Gasteiger partial charge in [-0.05, 0) is 40.2 Å². The third kappa shape index (κ3) is 4.10. The molecule has 1 fully saturated rings. The van der Waals surface area contributed by atoms with Crippen molar-refractivity contribution in [2.24, 2.45) is 5.92 Å². The van der Waals surface area contributed by atoms with Crippen LogP contribution in [0.15, 0.2) is 0 Å². The molecule has 0 aromatic rings. The van der Waals surface area contributed by atoms with Gasteiger partial charge in [0.05, 0.1) is 12.1 Å². The van der Waals surface area contributed by atoms with Gasteiger partial charge < -0.3 is 15.4 Å². The molecule has 1 rings (SSSR count). The Bertz CT molecular complexity index is 241. The molecule has 4 heteroatoms. The van der Waals surface area contributed by atoms with E-state index in [2.05, 4.69) is 17.6 Å². The quantitative estimate of drug-likeness (QED) is 0.752. The summed E-state index contributed by atoms with van der Waals surface area (Å²) in [7, 11) is 1.65. The second kappa shape index (κ2) is 5.64. The summed E-state index contributed by atoms with van der Waals surface area (Å²) in [5.74, 6) is 0.308. The van der Waals surface area contributed by atoms with Crippen LogP contribution in [0.1, 0.15) is 33.6 Å². The van der Waals surface area contributed by atoms with Gasteiger partial charge in [-0.2, -0.15) is 0 Å². The molecule has 0 aromatic heterocycles. The number of piperidine rings is 1. The molecule has 1 aliphatic rings. The first-order valence-corrected chi connectivity index (χ1v) is 5.99. The lowest BCUT2D eigenvalue weighted by Gasteiger charge is -2.31. The maximum absolute atomic E-state index is 12.0. The number of carbonyl (C=O) groups excluding carboxylic acids is 1. The van der Waals surface area contributed by atoms with Crippen molar-refractivity contribution in [2.45, 2.75) is 45.2 Å². The van der Waals surface area contributed by atoms with E-state index in [9.17, 15) is 4.79 Å². The van der Waals surface area contributed by atoms with Gasteiger partial charge in [0.25, 0.3) is 0 Å². The molecule has 1 saturated heterocycles. The van der Waals surface area contributed by atoms with Crippen LogP contribution >= 0.6 is 0 Å². The molecule has 0 aromatic carbocycles. The lowest BCUT2D eigenvalue weighted by atomic mass is 9.91. The molecule has 1 heterocycles. The predicted molar refractivity (Wildman–Crippen MR) is 64.3 cm³/mol. The topological polar surface area (TPSA) is 50.4 Å². The molecule has 0 bridgehead atoms. The third-order valence-corrected chi connectivity index (χ3v) is 2.96. The fraction of sp³-hybridized carbons (Fsp3) is 0.917. The van der Waals surface area contributed by atoms with Crippen LogP contribution in [0, 0.1) is 5.92 Å². The standard InChI is InChI=1S/C12H24N2O2/c1-9-7-10(5-6-13-9)11(15)14-12(2,3)8-16-4/h9-10,13H,5-8H2,1-4H3,(H,14,15)/t9-,10-/m0/s1. The Morgan fingerprint density at radius 3 is 2.81 bits per heavy atom. The number of nitrogens with one attached hydrogen (secondary N) is 2. The number of hydrogen-bond acceptors (Lipinski definition) is 3. The van der Waals surface area contributed by atoms with Crippen molar-refractivity contribution in [3.8, 4) is 0 Å². The van der Waals surface area contributed by atoms with Crippen LogP contribution in [0.25, 0.3) is 0 Å². The molecule has 4 nitrogen and oxygen atoms in total. The number of amides is 1. The Kier molecular flexibility index (Phi) is 4.74. The number of methoxy groups -OCH3 is 1. The maximum Gasteiger partial charge on any atom is 0.223 e. The van der Waals surface area contributed by atoms with E-state index in [0.29, 0.717) is 12.6 Å². The minimum Gasteiger partial charge on any atom is -0.382 e. The van der Waals surface area contributed by atoms with Gasteiger partial charge >= 0.3 is 0 Å². The Morgan fingerprint density at radius 1 is 1.56 bits per heavy atom. The van der Waals surface area contributed by atoms with Crippen LogP contribution in [0.5, 0.6) is 0 Å². The first kappa shape index (κ1) is 13.5. The largest absolute Gasteiger partial charge is 0.382 e. The van der Waals surface area contributed by atoms with Crippen molar-refractivity contribution in [2.75, 3.05) is 20.3 Å². The van der Waals surface area contributed by atoms with Gasteiger partial charge in [0, 0.05) is 19.1 Å². The van der Waals surface area contributed by atoms with Crippen LogP contribution in [-0.2, 0) is 9.53 Å². The molecule has 0 radical (unpaired) electrons. The molecule has 0 spiro atoms. The second-order valence-corrected chi connectivity index (χ2v) is 5.38. The fourth-order valence-corrected chi connectivity index (χ4v) is 2.20. The van der Waals surface area contributed by atoms with E-state index >= 15 is 0 Å². The first-order chi connectivity index (χ1) is 7.44. The second-order valence-electron chi connectivity index (χ2n) is 5.38. The van der Waals surface area contributed by atoms with Gasteiger partial charge in [0.2, 0.25) is 5.91 Å². The highest BCUT2D eigenvalue weighted by molar-refractivity contribution is 5.79. The summed E-state index contributed by atoms with van der Waals surface area (Å²) in [5, 5.41) is 6.41. The number of rotatable bonds is 4. The Balaban J connectivity index is 2.45. The zero-order valence-electron chi connectivity index (χ0n) is 10.8. The van der Waals surface area contributed by atoms with Crippen molar-refractivity contribution >= 4 is 5.91 Å². The van der Waals surface area contributed by atoms with Gasteiger partial charge in [-0.1, -0.05) is 0 Å². The lowest BCUT2D eigenvalue weighted by Crippen LogP contribution is -2.51. The van der Waals surface area contributed by atoms with Gasteiger partial charge in [-0.3, -0.25) is 4.79 Å². The number of carbonyl (C=O) groups is 1. The summed E-state index contributed by atoms with van der Waals surface area (Å²) < 4.78 is 5.09. The highest BCUT2D eigenvalue weighted by Crippen LogP contribution is 2.17. The third-order valence-electron chi connectivity index (χ3n) is 2.96. The minimum atomic E-state index is -0.278. The van der Waals surface area contributed by atoms with Crippen molar-refractivity contribution in [1.29, 1.82) is 0 Å². The van der Waals surface area contributed by atoms with Crippen LogP contribution < -0.4 is 10.6 Å². The Hall–Kier alpha value is -0.610. The van der Waals surface area contributed by atoms with Crippen LogP contribution in [0.4, 0.5) is 0 Å². The summed E-state index contributed by atoms with van der Waals surface area (Å²) >= 11 is 0. The highest BCUT2D eigenvalue weighted by atomic mass is 16.5. The zero-order chi connectivity index (χ0) is 12.2. The maximum atomic E-state index is 12.0. The van der Waals surface area contributed by atoms with Crippen LogP contribution in [-0.4, -0.2) is 37.7 Å². The zero-order valence-corrected chi connectivity index (χ0v) is 10.8. The number of ether oxygens (including phenoxy) is 1. The molecule has 94 valence electrons. The Morgan fingerprint density at radius 2 is 2.25 bits per heavy atom. The Labute approximate surface area is 98.1 Å². The first-order valence-electron chi connectivity index (χ1n) is 5.99. The molecular weight excluding hydrogens is 204 g/mol. The van der Waals surface area contributed by atoms with Gasteiger partial charge in [0.15, 0.2) is 0 Å². The summed E-state index contributed by atoms with van der Waals surface area (Å²) in [6, 6.07) is 0.440. The normalized spacial score (nSPS) is 26.5. The molecule has 1 aliphatic heterocycles. The van der Waals surface area contributed by atoms with E-state index in [-0.39, 0.29) is 17.4 Å². The van der Waals surface area contributed by atoms with E-state index in [1.54, 1.807) is 7.11 Å². The van der Waals surface area contributed by atoms with Crippen molar-refractivity contribution < 1.29 is 9.53 Å². The molecule has 2 N–H and O–H groups in total. The van der Waals surface area contributed by atoms with Crippen molar-refractivity contribution in [3.63, 3.8) is 0 Å². The smallest absolute Gasteiger partial charge is 0.223 e. The molecule has 0 saturated carbocycles. The number of hydrogen-bond donors (Lipinski definition) is 2. The van der Waals surface area contributed by atoms with Crippen molar-refractivity contribution in [3.05, 3.63) is 0 Å². The minimum absolute atomic E-state index is 0.146. The van der Waals surface area contributed by atoms with E-state index in [4.69, 9.17) is 4.74 Å². The molecule has 1 amide bonds. The lowest BCUT2D eigenvalue weighted by molar-refractivity contribution is -0.128. The van der Waals surface area contributed by atoms with Gasteiger partial charge in [-0.15, -0.1) is 0 Å². The van der Waals surface area contributed by atoms with E-state index in [1.807, 2.05) is 13.8 Å². The summed E-state index contributed by atoms with van der Waals surface area (Å²) in [6.45, 7) is 7.57. The summed E-state index contributed by atoms with van der Waals surface area (Å²) in [4.78, 5) is 12.0. The molecular formula is C12H24N2O2.